The third kappa shape index (κ3) is 3.56. The summed E-state index contributed by atoms with van der Waals surface area (Å²) in [7, 11) is 0. The Kier molecular flexibility index (Phi) is 4.91. The van der Waals surface area contributed by atoms with Gasteiger partial charge in [-0.15, -0.1) is 0 Å². The zero-order valence-electron chi connectivity index (χ0n) is 13.9. The molecule has 0 aromatic rings. The molecule has 3 nitrogen and oxygen atoms in total. The van der Waals surface area contributed by atoms with Crippen LogP contribution in [0.3, 0.4) is 0 Å². The van der Waals surface area contributed by atoms with Crippen LogP contribution in [0.5, 0.6) is 0 Å². The largest absolute Gasteiger partial charge is 0.462 e. The quantitative estimate of drug-likeness (QED) is 0.638. The number of carbonyl (C=O) groups is 1. The fourth-order valence-electron chi connectivity index (χ4n) is 4.95. The highest BCUT2D eigenvalue weighted by molar-refractivity contribution is 5.70. The van der Waals surface area contributed by atoms with Gasteiger partial charge in [-0.05, 0) is 55.3 Å². The molecule has 0 bridgehead atoms. The summed E-state index contributed by atoms with van der Waals surface area (Å²) in [4.78, 5) is 11.5. The summed E-state index contributed by atoms with van der Waals surface area (Å²) >= 11 is 0. The van der Waals surface area contributed by atoms with Gasteiger partial charge in [-0.3, -0.25) is 4.79 Å². The van der Waals surface area contributed by atoms with Crippen molar-refractivity contribution in [3.63, 3.8) is 0 Å². The Hall–Kier alpha value is -0.830. The third-order valence-electron chi connectivity index (χ3n) is 6.16. The highest BCUT2D eigenvalue weighted by Gasteiger charge is 2.38. The third-order valence-corrected chi connectivity index (χ3v) is 6.16. The van der Waals surface area contributed by atoms with Gasteiger partial charge in [0.25, 0.3) is 0 Å². The average molecular weight is 306 g/mol. The first kappa shape index (κ1) is 16.0. The first-order chi connectivity index (χ1) is 10.5. The van der Waals surface area contributed by atoms with Crippen LogP contribution >= 0.6 is 0 Å². The van der Waals surface area contributed by atoms with Gasteiger partial charge < -0.3 is 9.84 Å². The predicted octanol–water partition coefficient (Wildman–Crippen LogP) is 3.71. The molecule has 3 aliphatic rings. The molecular weight excluding hydrogens is 276 g/mol. The van der Waals surface area contributed by atoms with Crippen molar-refractivity contribution < 1.29 is 14.6 Å². The van der Waals surface area contributed by atoms with E-state index in [1.165, 1.54) is 19.3 Å². The smallest absolute Gasteiger partial charge is 0.308 e. The topological polar surface area (TPSA) is 46.5 Å². The molecule has 0 spiro atoms. The zero-order valence-corrected chi connectivity index (χ0v) is 13.9. The number of ether oxygens (including phenoxy) is 1. The number of hydrogen-bond acceptors (Lipinski definition) is 3. The molecule has 2 fully saturated rings. The van der Waals surface area contributed by atoms with E-state index in [4.69, 9.17) is 4.74 Å². The van der Waals surface area contributed by atoms with E-state index in [9.17, 15) is 9.90 Å². The normalized spacial score (nSPS) is 45.2. The van der Waals surface area contributed by atoms with Crippen molar-refractivity contribution in [2.24, 2.45) is 29.6 Å². The van der Waals surface area contributed by atoms with Gasteiger partial charge in [0.05, 0.1) is 12.5 Å². The Morgan fingerprint density at radius 1 is 1.18 bits per heavy atom. The van der Waals surface area contributed by atoms with E-state index in [0.29, 0.717) is 18.3 Å². The van der Waals surface area contributed by atoms with Gasteiger partial charge in [0.1, 0.15) is 6.10 Å². The second kappa shape index (κ2) is 6.74. The number of rotatable bonds is 3. The molecule has 0 aromatic heterocycles. The molecule has 1 saturated heterocycles. The number of carbonyl (C=O) groups excluding carboxylic acids is 1. The molecule has 1 aliphatic heterocycles. The van der Waals surface area contributed by atoms with Crippen LogP contribution in [0.1, 0.15) is 58.8 Å². The summed E-state index contributed by atoms with van der Waals surface area (Å²) in [5, 5.41) is 9.74. The summed E-state index contributed by atoms with van der Waals surface area (Å²) in [6.07, 6.45) is 11.1. The van der Waals surface area contributed by atoms with E-state index in [2.05, 4.69) is 26.0 Å². The Labute approximate surface area is 134 Å². The highest BCUT2D eigenvalue weighted by atomic mass is 16.5. The lowest BCUT2D eigenvalue weighted by molar-refractivity contribution is -0.160. The van der Waals surface area contributed by atoms with Crippen LogP contribution in [0.2, 0.25) is 0 Å². The summed E-state index contributed by atoms with van der Waals surface area (Å²) in [5.74, 6) is 3.52. The van der Waals surface area contributed by atoms with E-state index < -0.39 is 6.10 Å². The molecule has 0 radical (unpaired) electrons. The molecule has 1 N–H and O–H groups in total. The first-order valence-electron chi connectivity index (χ1n) is 9.08. The summed E-state index contributed by atoms with van der Waals surface area (Å²) in [5.41, 5.74) is 0. The maximum Gasteiger partial charge on any atom is 0.308 e. The van der Waals surface area contributed by atoms with E-state index in [1.807, 2.05) is 0 Å². The second-order valence-corrected chi connectivity index (χ2v) is 7.94. The average Bonchev–Trinajstić information content (AvgIpc) is 2.45. The number of esters is 1. The molecule has 3 heteroatoms. The Balaban J connectivity index is 1.59. The molecule has 1 heterocycles. The van der Waals surface area contributed by atoms with Gasteiger partial charge in [0.15, 0.2) is 0 Å². The molecule has 2 aliphatic carbocycles. The SMILES string of the molecule is C[C@@H]1CC[C@H]2[C@@H](CC[C@@H]3C[C@@H](O)CC(=O)O3)[C@@H](C)C=C[C@H]2C1. The van der Waals surface area contributed by atoms with Gasteiger partial charge in [0.2, 0.25) is 0 Å². The molecule has 0 unspecified atom stereocenters. The van der Waals surface area contributed by atoms with Crippen LogP contribution in [0.25, 0.3) is 0 Å². The van der Waals surface area contributed by atoms with Crippen molar-refractivity contribution in [1.29, 1.82) is 0 Å². The minimum Gasteiger partial charge on any atom is -0.462 e. The monoisotopic (exact) mass is 306 g/mol. The molecule has 0 aromatic carbocycles. The number of fused-ring (bicyclic) bond motifs is 1. The van der Waals surface area contributed by atoms with Crippen LogP contribution in [0.4, 0.5) is 0 Å². The molecule has 1 saturated carbocycles. The van der Waals surface area contributed by atoms with Crippen LogP contribution in [0, 0.1) is 29.6 Å². The maximum atomic E-state index is 11.5. The summed E-state index contributed by atoms with van der Waals surface area (Å²) in [6, 6.07) is 0. The lowest BCUT2D eigenvalue weighted by Crippen LogP contribution is -2.37. The summed E-state index contributed by atoms with van der Waals surface area (Å²) < 4.78 is 5.42. The Morgan fingerprint density at radius 3 is 2.77 bits per heavy atom. The van der Waals surface area contributed by atoms with Crippen LogP contribution in [0.15, 0.2) is 12.2 Å². The first-order valence-corrected chi connectivity index (χ1v) is 9.08. The minimum atomic E-state index is -0.502. The van der Waals surface area contributed by atoms with E-state index in [1.54, 1.807) is 0 Å². The number of cyclic esters (lactones) is 1. The predicted molar refractivity (Wildman–Crippen MR) is 86.1 cm³/mol. The number of hydrogen-bond donors (Lipinski definition) is 1. The number of allylic oxidation sites excluding steroid dienone is 2. The van der Waals surface area contributed by atoms with Crippen LogP contribution < -0.4 is 0 Å². The highest BCUT2D eigenvalue weighted by Crippen LogP contribution is 2.46. The van der Waals surface area contributed by atoms with Crippen molar-refractivity contribution in [2.45, 2.75) is 71.0 Å². The number of aliphatic hydroxyl groups excluding tert-OH is 1. The Morgan fingerprint density at radius 2 is 2.00 bits per heavy atom. The minimum absolute atomic E-state index is 0.0738. The molecule has 124 valence electrons. The molecule has 22 heavy (non-hydrogen) atoms. The van der Waals surface area contributed by atoms with Crippen molar-refractivity contribution in [2.75, 3.05) is 0 Å². The van der Waals surface area contributed by atoms with Gasteiger partial charge >= 0.3 is 5.97 Å². The van der Waals surface area contributed by atoms with Gasteiger partial charge in [-0.25, -0.2) is 0 Å². The lowest BCUT2D eigenvalue weighted by atomic mass is 9.62. The van der Waals surface area contributed by atoms with Gasteiger partial charge in [-0.2, -0.15) is 0 Å². The van der Waals surface area contributed by atoms with Crippen LogP contribution in [-0.4, -0.2) is 23.3 Å². The fourth-order valence-corrected chi connectivity index (χ4v) is 4.95. The second-order valence-electron chi connectivity index (χ2n) is 7.94. The van der Waals surface area contributed by atoms with Crippen molar-refractivity contribution in [1.82, 2.24) is 0 Å². The number of aliphatic hydroxyl groups is 1. The molecule has 7 atom stereocenters. The van der Waals surface area contributed by atoms with E-state index in [0.717, 1.165) is 30.6 Å². The van der Waals surface area contributed by atoms with Crippen molar-refractivity contribution >= 4 is 5.97 Å². The van der Waals surface area contributed by atoms with E-state index in [-0.39, 0.29) is 18.5 Å². The van der Waals surface area contributed by atoms with Crippen molar-refractivity contribution in [3.8, 4) is 0 Å². The van der Waals surface area contributed by atoms with Crippen molar-refractivity contribution in [3.05, 3.63) is 12.2 Å². The fraction of sp³-hybridized carbons (Fsp3) is 0.842. The van der Waals surface area contributed by atoms with E-state index >= 15 is 0 Å². The maximum absolute atomic E-state index is 11.5. The summed E-state index contributed by atoms with van der Waals surface area (Å²) in [6.45, 7) is 4.71. The molecule has 3 rings (SSSR count). The van der Waals surface area contributed by atoms with Gasteiger partial charge in [-0.1, -0.05) is 32.4 Å². The van der Waals surface area contributed by atoms with Crippen LogP contribution in [-0.2, 0) is 9.53 Å². The molecular formula is C19H30O3. The zero-order chi connectivity index (χ0) is 15.7. The Bertz CT molecular complexity index is 430. The van der Waals surface area contributed by atoms with Gasteiger partial charge in [0, 0.05) is 6.42 Å². The molecule has 0 amide bonds. The standard InChI is InChI=1S/C19H30O3/c1-12-3-7-18-14(9-12)5-4-13(2)17(18)8-6-16-10-15(20)11-19(21)22-16/h4-5,12-18,20H,3,6-11H2,1-2H3/t12-,13+,14+,15-,16-,17+,18-/m1/s1. The lowest BCUT2D eigenvalue weighted by Gasteiger charge is -2.44.